The fourth-order valence-corrected chi connectivity index (χ4v) is 4.38. The molecule has 1 unspecified atom stereocenters. The van der Waals surface area contributed by atoms with Crippen LogP contribution in [0.15, 0.2) is 56.2 Å². The number of nitrogens with zero attached hydrogens (tertiary/aromatic N) is 3. The number of amides is 2. The average molecular weight is 444 g/mol. The SMILES string of the molecule is O=C1CCC(n2c(=O)oc3ccc(Cc4nc(-c5cccc(C6CC6)c5)no4)cc32)C(=O)N1. The van der Waals surface area contributed by atoms with Gasteiger partial charge in [-0.3, -0.25) is 19.5 Å². The molecule has 9 nitrogen and oxygen atoms in total. The second kappa shape index (κ2) is 7.54. The van der Waals surface area contributed by atoms with Crippen LogP contribution in [0.1, 0.15) is 54.7 Å². The molecule has 1 saturated carbocycles. The molecule has 2 amide bonds. The summed E-state index contributed by atoms with van der Waals surface area (Å²) in [6, 6.07) is 12.7. The molecule has 0 spiro atoms. The Labute approximate surface area is 187 Å². The van der Waals surface area contributed by atoms with Crippen LogP contribution >= 0.6 is 0 Å². The molecule has 3 heterocycles. The van der Waals surface area contributed by atoms with Gasteiger partial charge in [-0.15, -0.1) is 0 Å². The number of hydrogen-bond donors (Lipinski definition) is 1. The first-order valence-electron chi connectivity index (χ1n) is 11.0. The quantitative estimate of drug-likeness (QED) is 0.470. The molecule has 2 aromatic carbocycles. The van der Waals surface area contributed by atoms with E-state index in [9.17, 15) is 14.4 Å². The predicted molar refractivity (Wildman–Crippen MR) is 116 cm³/mol. The number of piperidine rings is 1. The Morgan fingerprint density at radius 1 is 1.06 bits per heavy atom. The Morgan fingerprint density at radius 3 is 2.76 bits per heavy atom. The highest BCUT2D eigenvalue weighted by atomic mass is 16.5. The van der Waals surface area contributed by atoms with E-state index in [1.165, 1.54) is 23.0 Å². The number of imide groups is 1. The number of oxazole rings is 1. The van der Waals surface area contributed by atoms with Gasteiger partial charge in [-0.1, -0.05) is 29.4 Å². The normalized spacial score (nSPS) is 18.6. The van der Waals surface area contributed by atoms with Gasteiger partial charge in [-0.25, -0.2) is 4.79 Å². The molecule has 1 saturated heterocycles. The van der Waals surface area contributed by atoms with Crippen molar-refractivity contribution < 1.29 is 18.5 Å². The first-order chi connectivity index (χ1) is 16.0. The molecule has 166 valence electrons. The zero-order valence-electron chi connectivity index (χ0n) is 17.6. The Hall–Kier alpha value is -4.01. The molecule has 6 rings (SSSR count). The van der Waals surface area contributed by atoms with Gasteiger partial charge in [-0.2, -0.15) is 4.98 Å². The Kier molecular flexibility index (Phi) is 4.49. The van der Waals surface area contributed by atoms with Crippen LogP contribution in [0.3, 0.4) is 0 Å². The van der Waals surface area contributed by atoms with E-state index in [4.69, 9.17) is 8.94 Å². The summed E-state index contributed by atoms with van der Waals surface area (Å²) in [6.45, 7) is 0. The molecule has 1 N–H and O–H groups in total. The third-order valence-electron chi connectivity index (χ3n) is 6.22. The van der Waals surface area contributed by atoms with Crippen molar-refractivity contribution in [1.29, 1.82) is 0 Å². The van der Waals surface area contributed by atoms with Crippen LogP contribution < -0.4 is 11.1 Å². The lowest BCUT2D eigenvalue weighted by atomic mass is 10.1. The van der Waals surface area contributed by atoms with Gasteiger partial charge in [0.1, 0.15) is 6.04 Å². The first-order valence-corrected chi connectivity index (χ1v) is 11.0. The van der Waals surface area contributed by atoms with Gasteiger partial charge in [0.2, 0.25) is 23.5 Å². The van der Waals surface area contributed by atoms with Gasteiger partial charge >= 0.3 is 5.76 Å². The van der Waals surface area contributed by atoms with Crippen molar-refractivity contribution in [2.45, 2.75) is 44.1 Å². The maximum atomic E-state index is 12.5. The van der Waals surface area contributed by atoms with E-state index >= 15 is 0 Å². The summed E-state index contributed by atoms with van der Waals surface area (Å²) in [7, 11) is 0. The Morgan fingerprint density at radius 2 is 1.94 bits per heavy atom. The van der Waals surface area contributed by atoms with Crippen molar-refractivity contribution in [1.82, 2.24) is 20.0 Å². The molecule has 1 aliphatic heterocycles. The van der Waals surface area contributed by atoms with Crippen LogP contribution in [-0.4, -0.2) is 26.5 Å². The van der Waals surface area contributed by atoms with E-state index in [1.807, 2.05) is 18.2 Å². The fraction of sp³-hybridized carbons (Fsp3) is 0.292. The minimum atomic E-state index is -0.791. The van der Waals surface area contributed by atoms with Gasteiger partial charge < -0.3 is 8.94 Å². The van der Waals surface area contributed by atoms with E-state index < -0.39 is 17.7 Å². The Bertz CT molecular complexity index is 1460. The molecule has 2 fully saturated rings. The molecule has 2 aliphatic rings. The number of hydrogen-bond acceptors (Lipinski definition) is 7. The van der Waals surface area contributed by atoms with Crippen molar-refractivity contribution >= 4 is 22.9 Å². The van der Waals surface area contributed by atoms with E-state index in [0.29, 0.717) is 35.2 Å². The summed E-state index contributed by atoms with van der Waals surface area (Å²) in [6.07, 6.45) is 3.22. The molecule has 0 radical (unpaired) electrons. The van der Waals surface area contributed by atoms with Gasteiger partial charge in [0.15, 0.2) is 5.58 Å². The van der Waals surface area contributed by atoms with Crippen molar-refractivity contribution in [3.05, 3.63) is 70.0 Å². The fourth-order valence-electron chi connectivity index (χ4n) is 4.38. The first kappa shape index (κ1) is 19.7. The minimum Gasteiger partial charge on any atom is -0.408 e. The number of aromatic nitrogens is 3. The molecule has 1 atom stereocenters. The smallest absolute Gasteiger partial charge is 0.408 e. The molecule has 4 aromatic rings. The number of carbonyl (C=O) groups excluding carboxylic acids is 2. The highest BCUT2D eigenvalue weighted by Crippen LogP contribution is 2.40. The number of rotatable bonds is 5. The molecule has 9 heteroatoms. The van der Waals surface area contributed by atoms with Crippen LogP contribution in [0.25, 0.3) is 22.5 Å². The second-order valence-corrected chi connectivity index (χ2v) is 8.60. The van der Waals surface area contributed by atoms with E-state index in [0.717, 1.165) is 11.1 Å². The van der Waals surface area contributed by atoms with E-state index in [-0.39, 0.29) is 18.7 Å². The molecule has 0 bridgehead atoms. The number of carbonyl (C=O) groups is 2. The van der Waals surface area contributed by atoms with Gasteiger partial charge in [0, 0.05) is 12.0 Å². The number of benzene rings is 2. The summed E-state index contributed by atoms with van der Waals surface area (Å²) in [5, 5.41) is 6.42. The third kappa shape index (κ3) is 3.65. The van der Waals surface area contributed by atoms with E-state index in [1.54, 1.807) is 12.1 Å². The molecule has 1 aliphatic carbocycles. The standard InChI is InChI=1S/C24H20N4O5/c29-20-9-7-17(23(30)25-20)28-18-10-13(4-8-19(18)32-24(28)31)11-21-26-22(27-33-21)16-3-1-2-15(12-16)14-5-6-14/h1-4,8,10,12,14,17H,5-7,9,11H2,(H,25,29,30). The third-order valence-corrected chi connectivity index (χ3v) is 6.22. The number of nitrogens with one attached hydrogen (secondary N) is 1. The predicted octanol–water partition coefficient (Wildman–Crippen LogP) is 3.09. The van der Waals surface area contributed by atoms with Crippen molar-refractivity contribution in [2.24, 2.45) is 0 Å². The summed E-state index contributed by atoms with van der Waals surface area (Å²) in [5.74, 6) is 0.147. The van der Waals surface area contributed by atoms with Crippen LogP contribution in [0.4, 0.5) is 0 Å². The largest absolute Gasteiger partial charge is 0.420 e. The van der Waals surface area contributed by atoms with Crippen molar-refractivity contribution in [3.63, 3.8) is 0 Å². The van der Waals surface area contributed by atoms with Crippen LogP contribution in [0.2, 0.25) is 0 Å². The number of fused-ring (bicyclic) bond motifs is 1. The average Bonchev–Trinajstić information content (AvgIpc) is 3.47. The Balaban J connectivity index is 1.29. The van der Waals surface area contributed by atoms with Crippen molar-refractivity contribution in [2.75, 3.05) is 0 Å². The molecule has 2 aromatic heterocycles. The lowest BCUT2D eigenvalue weighted by molar-refractivity contribution is -0.135. The zero-order chi connectivity index (χ0) is 22.5. The van der Waals surface area contributed by atoms with Gasteiger partial charge in [0.05, 0.1) is 11.9 Å². The molecule has 33 heavy (non-hydrogen) atoms. The monoisotopic (exact) mass is 444 g/mol. The topological polar surface area (TPSA) is 120 Å². The van der Waals surface area contributed by atoms with Gasteiger partial charge in [-0.05, 0) is 54.5 Å². The zero-order valence-corrected chi connectivity index (χ0v) is 17.6. The molecular formula is C24H20N4O5. The second-order valence-electron chi connectivity index (χ2n) is 8.60. The maximum absolute atomic E-state index is 12.5. The lowest BCUT2D eigenvalue weighted by Gasteiger charge is -2.21. The maximum Gasteiger partial charge on any atom is 0.420 e. The van der Waals surface area contributed by atoms with Crippen molar-refractivity contribution in [3.8, 4) is 11.4 Å². The summed E-state index contributed by atoms with van der Waals surface area (Å²) in [4.78, 5) is 40.8. The van der Waals surface area contributed by atoms with E-state index in [2.05, 4.69) is 27.6 Å². The van der Waals surface area contributed by atoms with Crippen LogP contribution in [0, 0.1) is 0 Å². The highest BCUT2D eigenvalue weighted by molar-refractivity contribution is 6.00. The lowest BCUT2D eigenvalue weighted by Crippen LogP contribution is -2.43. The highest BCUT2D eigenvalue weighted by Gasteiger charge is 2.31. The van der Waals surface area contributed by atoms with Gasteiger partial charge in [0.25, 0.3) is 0 Å². The summed E-state index contributed by atoms with van der Waals surface area (Å²) >= 11 is 0. The minimum absolute atomic E-state index is 0.169. The van der Waals surface area contributed by atoms with Crippen LogP contribution in [-0.2, 0) is 16.0 Å². The van der Waals surface area contributed by atoms with Crippen LogP contribution in [0.5, 0.6) is 0 Å². The summed E-state index contributed by atoms with van der Waals surface area (Å²) < 4.78 is 12.1. The molecular weight excluding hydrogens is 424 g/mol. The summed E-state index contributed by atoms with van der Waals surface area (Å²) in [5.41, 5.74) is 3.91.